The average Bonchev–Trinajstić information content (AvgIpc) is 2.84. The van der Waals surface area contributed by atoms with E-state index in [0.29, 0.717) is 12.2 Å². The van der Waals surface area contributed by atoms with E-state index in [1.165, 1.54) is 18.9 Å². The third-order valence-electron chi connectivity index (χ3n) is 3.95. The molecular weight excluding hydrogens is 253 g/mol. The first kappa shape index (κ1) is 15.5. The number of nitrogens with one attached hydrogen (secondary N) is 1. The summed E-state index contributed by atoms with van der Waals surface area (Å²) in [5, 5.41) is 3.54. The minimum absolute atomic E-state index is 0.0803. The van der Waals surface area contributed by atoms with E-state index >= 15 is 0 Å². The second kappa shape index (κ2) is 6.23. The summed E-state index contributed by atoms with van der Waals surface area (Å²) in [6, 6.07) is 6.87. The largest absolute Gasteiger partial charge is 0.369 e. The van der Waals surface area contributed by atoms with Crippen LogP contribution in [0.4, 0.5) is 4.39 Å². The Morgan fingerprint density at radius 3 is 2.45 bits per heavy atom. The van der Waals surface area contributed by atoms with E-state index in [-0.39, 0.29) is 17.0 Å². The molecule has 0 spiro atoms. The molecule has 1 aliphatic rings. The molecular formula is C17H26FNO. The molecule has 1 fully saturated rings. The number of halogens is 1. The fraction of sp³-hybridized carbons (Fsp3) is 0.647. The predicted molar refractivity (Wildman–Crippen MR) is 80.1 cm³/mol. The first-order valence-corrected chi connectivity index (χ1v) is 7.53. The number of hydrogen-bond donors (Lipinski definition) is 1. The third-order valence-corrected chi connectivity index (χ3v) is 3.95. The molecule has 1 N–H and O–H groups in total. The third kappa shape index (κ3) is 4.29. The van der Waals surface area contributed by atoms with Crippen molar-refractivity contribution in [1.29, 1.82) is 0 Å². The summed E-state index contributed by atoms with van der Waals surface area (Å²) in [7, 11) is 0. The van der Waals surface area contributed by atoms with E-state index < -0.39 is 0 Å². The van der Waals surface area contributed by atoms with Crippen LogP contribution in [0.15, 0.2) is 24.3 Å². The van der Waals surface area contributed by atoms with E-state index in [1.807, 2.05) is 6.07 Å². The second-order valence-corrected chi connectivity index (χ2v) is 6.87. The summed E-state index contributed by atoms with van der Waals surface area (Å²) in [5.74, 6) is -0.176. The molecule has 0 bridgehead atoms. The van der Waals surface area contributed by atoms with Crippen molar-refractivity contribution in [2.75, 3.05) is 6.54 Å². The Morgan fingerprint density at radius 2 is 1.85 bits per heavy atom. The van der Waals surface area contributed by atoms with Gasteiger partial charge in [-0.05, 0) is 39.7 Å². The lowest BCUT2D eigenvalue weighted by molar-refractivity contribution is -0.0543. The molecule has 1 aliphatic carbocycles. The Balaban J connectivity index is 1.97. The van der Waals surface area contributed by atoms with Crippen molar-refractivity contribution in [3.8, 4) is 0 Å². The Morgan fingerprint density at radius 1 is 1.20 bits per heavy atom. The summed E-state index contributed by atoms with van der Waals surface area (Å²) in [5.41, 5.74) is 0.599. The van der Waals surface area contributed by atoms with Gasteiger partial charge in [-0.2, -0.15) is 0 Å². The van der Waals surface area contributed by atoms with Gasteiger partial charge in [0.15, 0.2) is 0 Å². The minimum Gasteiger partial charge on any atom is -0.369 e. The summed E-state index contributed by atoms with van der Waals surface area (Å²) >= 11 is 0. The summed E-state index contributed by atoms with van der Waals surface area (Å²) in [6.45, 7) is 7.68. The van der Waals surface area contributed by atoms with Crippen molar-refractivity contribution in [2.45, 2.75) is 64.2 Å². The van der Waals surface area contributed by atoms with Crippen molar-refractivity contribution in [2.24, 2.45) is 0 Å². The monoisotopic (exact) mass is 279 g/mol. The Labute approximate surface area is 121 Å². The van der Waals surface area contributed by atoms with Crippen LogP contribution in [0.1, 0.15) is 52.0 Å². The maximum Gasteiger partial charge on any atom is 0.128 e. The lowest BCUT2D eigenvalue weighted by Gasteiger charge is -2.33. The van der Waals surface area contributed by atoms with Crippen LogP contribution >= 0.6 is 0 Å². The minimum atomic E-state index is -0.176. The zero-order valence-corrected chi connectivity index (χ0v) is 12.8. The first-order valence-electron chi connectivity index (χ1n) is 7.53. The molecule has 1 aromatic carbocycles. The molecule has 1 aromatic rings. The zero-order valence-electron chi connectivity index (χ0n) is 12.8. The standard InChI is InChI=1S/C17H26FNO/c1-16(2,3)19-13-17(10-6-7-11-17)20-12-14-8-4-5-9-15(14)18/h4-5,8-9,19H,6-7,10-13H2,1-3H3. The normalized spacial score (nSPS) is 18.4. The Hall–Kier alpha value is -0.930. The van der Waals surface area contributed by atoms with Gasteiger partial charge >= 0.3 is 0 Å². The van der Waals surface area contributed by atoms with Gasteiger partial charge in [0.2, 0.25) is 0 Å². The van der Waals surface area contributed by atoms with Crippen LogP contribution in [0.5, 0.6) is 0 Å². The zero-order chi connectivity index (χ0) is 14.6. The van der Waals surface area contributed by atoms with Crippen molar-refractivity contribution >= 4 is 0 Å². The maximum absolute atomic E-state index is 13.7. The van der Waals surface area contributed by atoms with Crippen LogP contribution in [0.25, 0.3) is 0 Å². The SMILES string of the molecule is CC(C)(C)NCC1(OCc2ccccc2F)CCCC1. The van der Waals surface area contributed by atoms with E-state index in [4.69, 9.17) is 4.74 Å². The topological polar surface area (TPSA) is 21.3 Å². The van der Waals surface area contributed by atoms with Gasteiger partial charge in [-0.15, -0.1) is 0 Å². The molecule has 2 nitrogen and oxygen atoms in total. The molecule has 0 radical (unpaired) electrons. The lowest BCUT2D eigenvalue weighted by Crippen LogP contribution is -2.47. The van der Waals surface area contributed by atoms with E-state index in [0.717, 1.165) is 19.4 Å². The van der Waals surface area contributed by atoms with E-state index in [2.05, 4.69) is 26.1 Å². The molecule has 0 unspecified atom stereocenters. The van der Waals surface area contributed by atoms with Crippen LogP contribution in [-0.4, -0.2) is 17.7 Å². The highest BCUT2D eigenvalue weighted by atomic mass is 19.1. The van der Waals surface area contributed by atoms with Gasteiger partial charge in [-0.3, -0.25) is 0 Å². The van der Waals surface area contributed by atoms with Crippen molar-refractivity contribution in [3.63, 3.8) is 0 Å². The van der Waals surface area contributed by atoms with Crippen LogP contribution < -0.4 is 5.32 Å². The lowest BCUT2D eigenvalue weighted by atomic mass is 9.99. The van der Waals surface area contributed by atoms with Gasteiger partial charge in [0.05, 0.1) is 12.2 Å². The maximum atomic E-state index is 13.7. The number of hydrogen-bond acceptors (Lipinski definition) is 2. The van der Waals surface area contributed by atoms with Crippen LogP contribution in [0, 0.1) is 5.82 Å². The van der Waals surface area contributed by atoms with Gasteiger partial charge in [0.25, 0.3) is 0 Å². The molecule has 0 amide bonds. The summed E-state index contributed by atoms with van der Waals surface area (Å²) in [6.07, 6.45) is 4.52. The van der Waals surface area contributed by atoms with Crippen molar-refractivity contribution < 1.29 is 9.13 Å². The van der Waals surface area contributed by atoms with Gasteiger partial charge in [0, 0.05) is 17.6 Å². The number of rotatable bonds is 5. The summed E-state index contributed by atoms with van der Waals surface area (Å²) in [4.78, 5) is 0. The molecule has 0 heterocycles. The van der Waals surface area contributed by atoms with Gasteiger partial charge in [0.1, 0.15) is 5.82 Å². The fourth-order valence-corrected chi connectivity index (χ4v) is 2.66. The molecule has 1 saturated carbocycles. The second-order valence-electron chi connectivity index (χ2n) is 6.87. The molecule has 2 rings (SSSR count). The highest BCUT2D eigenvalue weighted by Gasteiger charge is 2.35. The fourth-order valence-electron chi connectivity index (χ4n) is 2.66. The quantitative estimate of drug-likeness (QED) is 0.878. The van der Waals surface area contributed by atoms with Crippen molar-refractivity contribution in [3.05, 3.63) is 35.6 Å². The predicted octanol–water partition coefficient (Wildman–Crippen LogP) is 4.04. The van der Waals surface area contributed by atoms with Crippen LogP contribution in [0.2, 0.25) is 0 Å². The van der Waals surface area contributed by atoms with Gasteiger partial charge < -0.3 is 10.1 Å². The number of ether oxygens (including phenoxy) is 1. The molecule has 0 atom stereocenters. The molecule has 0 saturated heterocycles. The van der Waals surface area contributed by atoms with Gasteiger partial charge in [-0.1, -0.05) is 31.0 Å². The molecule has 20 heavy (non-hydrogen) atoms. The number of benzene rings is 1. The van der Waals surface area contributed by atoms with Crippen molar-refractivity contribution in [1.82, 2.24) is 5.32 Å². The van der Waals surface area contributed by atoms with Crippen LogP contribution in [-0.2, 0) is 11.3 Å². The molecule has 0 aliphatic heterocycles. The van der Waals surface area contributed by atoms with E-state index in [1.54, 1.807) is 12.1 Å². The van der Waals surface area contributed by atoms with E-state index in [9.17, 15) is 4.39 Å². The molecule has 112 valence electrons. The smallest absolute Gasteiger partial charge is 0.128 e. The highest BCUT2D eigenvalue weighted by Crippen LogP contribution is 2.34. The van der Waals surface area contributed by atoms with Crippen LogP contribution in [0.3, 0.4) is 0 Å². The first-order chi connectivity index (χ1) is 9.40. The Bertz CT molecular complexity index is 433. The highest BCUT2D eigenvalue weighted by molar-refractivity contribution is 5.16. The van der Waals surface area contributed by atoms with Gasteiger partial charge in [-0.25, -0.2) is 4.39 Å². The molecule has 3 heteroatoms. The summed E-state index contributed by atoms with van der Waals surface area (Å²) < 4.78 is 19.8. The average molecular weight is 279 g/mol. The molecule has 0 aromatic heterocycles. The Kier molecular flexibility index (Phi) is 4.82.